The van der Waals surface area contributed by atoms with Crippen molar-refractivity contribution in [2.24, 2.45) is 5.41 Å². The van der Waals surface area contributed by atoms with Crippen molar-refractivity contribution in [1.29, 1.82) is 0 Å². The van der Waals surface area contributed by atoms with Gasteiger partial charge in [-0.3, -0.25) is 9.59 Å². The van der Waals surface area contributed by atoms with Gasteiger partial charge in [-0.2, -0.15) is 0 Å². The van der Waals surface area contributed by atoms with Crippen LogP contribution in [0.5, 0.6) is 5.75 Å². The molecule has 8 heteroatoms. The number of anilines is 1. The molecule has 1 aromatic carbocycles. The summed E-state index contributed by atoms with van der Waals surface area (Å²) < 4.78 is 5.37. The predicted octanol–water partition coefficient (Wildman–Crippen LogP) is 2.65. The Morgan fingerprint density at radius 2 is 1.93 bits per heavy atom. The molecule has 0 radical (unpaired) electrons. The number of phenols is 1. The Labute approximate surface area is 169 Å². The molecule has 0 bridgehead atoms. The van der Waals surface area contributed by atoms with Crippen LogP contribution in [0.25, 0.3) is 0 Å². The topological polar surface area (TPSA) is 108 Å². The second-order valence-corrected chi connectivity index (χ2v) is 8.84. The van der Waals surface area contributed by atoms with Gasteiger partial charge in [0.05, 0.1) is 5.56 Å². The first-order valence-corrected chi connectivity index (χ1v) is 9.55. The van der Waals surface area contributed by atoms with E-state index in [4.69, 9.17) is 4.74 Å². The van der Waals surface area contributed by atoms with Gasteiger partial charge in [-0.15, -0.1) is 0 Å². The number of likely N-dealkylation sites (tertiary alicyclic amines) is 1. The van der Waals surface area contributed by atoms with E-state index >= 15 is 0 Å². The van der Waals surface area contributed by atoms with Crippen LogP contribution in [0.15, 0.2) is 30.9 Å². The van der Waals surface area contributed by atoms with Crippen molar-refractivity contribution in [3.05, 3.63) is 36.4 Å². The molecule has 3 N–H and O–H groups in total. The van der Waals surface area contributed by atoms with E-state index in [1.54, 1.807) is 4.90 Å². The van der Waals surface area contributed by atoms with Gasteiger partial charge >= 0.3 is 6.09 Å². The summed E-state index contributed by atoms with van der Waals surface area (Å²) in [6.45, 7) is 10.1. The molecule has 1 aromatic rings. The number of ether oxygens (including phenoxy) is 1. The molecule has 1 spiro atoms. The van der Waals surface area contributed by atoms with Gasteiger partial charge in [-0.25, -0.2) is 4.79 Å². The smallest absolute Gasteiger partial charge is 0.410 e. The van der Waals surface area contributed by atoms with Crippen molar-refractivity contribution in [3.63, 3.8) is 0 Å². The lowest BCUT2D eigenvalue weighted by molar-refractivity contribution is -0.111. The van der Waals surface area contributed by atoms with Gasteiger partial charge in [0.1, 0.15) is 11.4 Å². The molecule has 1 saturated heterocycles. The summed E-state index contributed by atoms with van der Waals surface area (Å²) in [4.78, 5) is 37.7. The van der Waals surface area contributed by atoms with Crippen molar-refractivity contribution in [1.82, 2.24) is 10.2 Å². The number of benzene rings is 1. The van der Waals surface area contributed by atoms with Gasteiger partial charge in [0, 0.05) is 30.2 Å². The third kappa shape index (κ3) is 4.70. The van der Waals surface area contributed by atoms with Crippen LogP contribution in [0.1, 0.15) is 44.0 Å². The van der Waals surface area contributed by atoms with Crippen LogP contribution in [0, 0.1) is 5.41 Å². The number of phenolic OH excluding ortho intramolecular Hbond substituents is 1. The van der Waals surface area contributed by atoms with Crippen molar-refractivity contribution in [3.8, 4) is 5.75 Å². The summed E-state index contributed by atoms with van der Waals surface area (Å²) in [5, 5.41) is 15.5. The van der Waals surface area contributed by atoms with E-state index in [-0.39, 0.29) is 28.9 Å². The van der Waals surface area contributed by atoms with E-state index in [0.717, 1.165) is 18.9 Å². The number of hydrogen-bond donors (Lipinski definition) is 3. The van der Waals surface area contributed by atoms with Crippen LogP contribution >= 0.6 is 0 Å². The molecule has 2 aliphatic rings. The van der Waals surface area contributed by atoms with Crippen molar-refractivity contribution >= 4 is 23.6 Å². The fourth-order valence-electron chi connectivity index (χ4n) is 3.82. The Morgan fingerprint density at radius 3 is 2.52 bits per heavy atom. The number of aromatic hydroxyl groups is 1. The van der Waals surface area contributed by atoms with Crippen LogP contribution in [0.4, 0.5) is 10.5 Å². The number of hydrogen-bond acceptors (Lipinski definition) is 5. The van der Waals surface area contributed by atoms with E-state index in [0.29, 0.717) is 18.8 Å². The fraction of sp³-hybridized carbons (Fsp3) is 0.476. The molecule has 0 unspecified atom stereocenters. The Balaban J connectivity index is 1.50. The highest BCUT2D eigenvalue weighted by atomic mass is 16.6. The lowest BCUT2D eigenvalue weighted by Gasteiger charge is -2.58. The third-order valence-electron chi connectivity index (χ3n) is 5.09. The highest BCUT2D eigenvalue weighted by molar-refractivity contribution is 6.02. The average molecular weight is 401 g/mol. The van der Waals surface area contributed by atoms with Gasteiger partial charge < -0.3 is 25.4 Å². The van der Waals surface area contributed by atoms with E-state index < -0.39 is 17.4 Å². The largest absolute Gasteiger partial charge is 0.507 e. The molecule has 2 fully saturated rings. The van der Waals surface area contributed by atoms with Gasteiger partial charge in [-0.05, 0) is 57.9 Å². The second-order valence-electron chi connectivity index (χ2n) is 8.84. The fourth-order valence-corrected chi connectivity index (χ4v) is 3.82. The van der Waals surface area contributed by atoms with Crippen molar-refractivity contribution < 1.29 is 24.2 Å². The maximum absolute atomic E-state index is 12.5. The van der Waals surface area contributed by atoms with Crippen LogP contribution in [-0.4, -0.2) is 52.6 Å². The van der Waals surface area contributed by atoms with Crippen molar-refractivity contribution in [2.75, 3.05) is 18.4 Å². The predicted molar refractivity (Wildman–Crippen MR) is 108 cm³/mol. The maximum Gasteiger partial charge on any atom is 0.410 e. The Morgan fingerprint density at radius 1 is 1.28 bits per heavy atom. The first-order valence-electron chi connectivity index (χ1n) is 9.55. The first kappa shape index (κ1) is 20.7. The Bertz CT molecular complexity index is 844. The molecule has 0 atom stereocenters. The third-order valence-corrected chi connectivity index (χ3v) is 5.09. The minimum atomic E-state index is -0.516. The molecule has 1 heterocycles. The number of nitrogens with one attached hydrogen (secondary N) is 2. The zero-order valence-electron chi connectivity index (χ0n) is 16.9. The van der Waals surface area contributed by atoms with Crippen molar-refractivity contribution in [2.45, 2.75) is 45.3 Å². The molecule has 8 nitrogen and oxygen atoms in total. The zero-order chi connectivity index (χ0) is 21.4. The lowest BCUT2D eigenvalue weighted by atomic mass is 9.60. The van der Waals surface area contributed by atoms with Crippen LogP contribution in [0.2, 0.25) is 0 Å². The van der Waals surface area contributed by atoms with Crippen LogP contribution in [-0.2, 0) is 9.53 Å². The van der Waals surface area contributed by atoms with Gasteiger partial charge in [0.15, 0.2) is 0 Å². The minimum absolute atomic E-state index is 0.0193. The maximum atomic E-state index is 12.5. The number of carbonyl (C=O) groups excluding carboxylic acids is 3. The molecule has 1 saturated carbocycles. The summed E-state index contributed by atoms with van der Waals surface area (Å²) in [6, 6.07) is 4.27. The monoisotopic (exact) mass is 401 g/mol. The van der Waals surface area contributed by atoms with E-state index in [9.17, 15) is 19.5 Å². The summed E-state index contributed by atoms with van der Waals surface area (Å²) in [6.07, 6.45) is 2.36. The summed E-state index contributed by atoms with van der Waals surface area (Å²) in [5.74, 6) is -0.962. The normalized spacial score (nSPS) is 17.7. The standard InChI is InChI=1S/C21H27N3O5/c1-5-17(26)22-13-6-7-16(25)15(8-13)18(27)23-14-9-21(10-14)11-24(12-21)19(28)29-20(2,3)4/h5-8,14,25H,1,9-12H2,2-4H3,(H,22,26)(H,23,27). The Kier molecular flexibility index (Phi) is 5.30. The molecule has 3 amide bonds. The molecule has 1 aliphatic carbocycles. The van der Waals surface area contributed by atoms with Gasteiger partial charge in [0.2, 0.25) is 5.91 Å². The highest BCUT2D eigenvalue weighted by Crippen LogP contribution is 2.48. The number of nitrogens with zero attached hydrogens (tertiary/aromatic N) is 1. The average Bonchev–Trinajstić information content (AvgIpc) is 2.55. The number of rotatable bonds is 4. The van der Waals surface area contributed by atoms with Crippen LogP contribution < -0.4 is 10.6 Å². The minimum Gasteiger partial charge on any atom is -0.507 e. The number of amides is 3. The first-order chi connectivity index (χ1) is 13.5. The zero-order valence-corrected chi connectivity index (χ0v) is 16.9. The molecular formula is C21H27N3O5. The lowest BCUT2D eigenvalue weighted by Crippen LogP contribution is -2.67. The van der Waals surface area contributed by atoms with E-state index in [2.05, 4.69) is 17.2 Å². The summed E-state index contributed by atoms with van der Waals surface area (Å²) in [5.41, 5.74) is 0.0145. The molecule has 3 rings (SSSR count). The molecular weight excluding hydrogens is 374 g/mol. The van der Waals surface area contributed by atoms with E-state index in [1.807, 2.05) is 20.8 Å². The molecule has 1 aliphatic heterocycles. The van der Waals surface area contributed by atoms with Crippen LogP contribution in [0.3, 0.4) is 0 Å². The van der Waals surface area contributed by atoms with Gasteiger partial charge in [-0.1, -0.05) is 6.58 Å². The Hall–Kier alpha value is -3.03. The molecule has 156 valence electrons. The highest BCUT2D eigenvalue weighted by Gasteiger charge is 2.54. The SMILES string of the molecule is C=CC(=O)Nc1ccc(O)c(C(=O)NC2CC3(C2)CN(C(=O)OC(C)(C)C)C3)c1. The summed E-state index contributed by atoms with van der Waals surface area (Å²) >= 11 is 0. The van der Waals surface area contributed by atoms with Gasteiger partial charge in [0.25, 0.3) is 5.91 Å². The second kappa shape index (κ2) is 7.42. The number of carbonyl (C=O) groups is 3. The molecule has 29 heavy (non-hydrogen) atoms. The summed E-state index contributed by atoms with van der Waals surface area (Å²) in [7, 11) is 0. The van der Waals surface area contributed by atoms with E-state index in [1.165, 1.54) is 18.2 Å². The quantitative estimate of drug-likeness (QED) is 0.531. The molecule has 0 aromatic heterocycles.